The second-order valence-electron chi connectivity index (χ2n) is 7.03. The van der Waals surface area contributed by atoms with Gasteiger partial charge < -0.3 is 24.6 Å². The maximum absolute atomic E-state index is 12.5. The van der Waals surface area contributed by atoms with Gasteiger partial charge in [-0.05, 0) is 30.5 Å². The van der Waals surface area contributed by atoms with Crippen LogP contribution in [0.3, 0.4) is 0 Å². The van der Waals surface area contributed by atoms with E-state index in [-0.39, 0.29) is 12.0 Å². The maximum Gasteiger partial charge on any atom is 0.411 e. The third-order valence-corrected chi connectivity index (χ3v) is 5.14. The van der Waals surface area contributed by atoms with Gasteiger partial charge in [-0.15, -0.1) is 0 Å². The van der Waals surface area contributed by atoms with E-state index >= 15 is 0 Å². The summed E-state index contributed by atoms with van der Waals surface area (Å²) in [5, 5.41) is 5.99. The fourth-order valence-electron chi connectivity index (χ4n) is 3.50. The van der Waals surface area contributed by atoms with Gasteiger partial charge in [0.1, 0.15) is 6.10 Å². The standard InChI is InChI=1S/C20H29N5O4/c1-21-19(22-14-15-5-7-16(8-6-15)23-20(27)28-2)25-11-9-24(10-12-25)18(26)17-4-3-13-29-17/h5-8,17H,3-4,9-14H2,1-2H3,(H,21,22)(H,23,27). The molecule has 9 heteroatoms. The zero-order valence-corrected chi connectivity index (χ0v) is 17.0. The third-order valence-electron chi connectivity index (χ3n) is 5.14. The molecule has 0 aromatic heterocycles. The average Bonchev–Trinajstić information content (AvgIpc) is 3.30. The molecule has 2 amide bonds. The Morgan fingerprint density at radius 3 is 2.45 bits per heavy atom. The number of guanidine groups is 1. The summed E-state index contributed by atoms with van der Waals surface area (Å²) in [6, 6.07) is 7.52. The van der Waals surface area contributed by atoms with Gasteiger partial charge in [0.2, 0.25) is 0 Å². The summed E-state index contributed by atoms with van der Waals surface area (Å²) in [5.41, 5.74) is 1.74. The van der Waals surface area contributed by atoms with Crippen molar-refractivity contribution in [3.05, 3.63) is 29.8 Å². The number of amides is 2. The highest BCUT2D eigenvalue weighted by Crippen LogP contribution is 2.16. The fraction of sp³-hybridized carbons (Fsp3) is 0.550. The van der Waals surface area contributed by atoms with Crippen molar-refractivity contribution in [1.82, 2.24) is 15.1 Å². The van der Waals surface area contributed by atoms with E-state index in [1.54, 1.807) is 7.05 Å². The lowest BCUT2D eigenvalue weighted by molar-refractivity contribution is -0.142. The molecule has 0 bridgehead atoms. The maximum atomic E-state index is 12.5. The first-order chi connectivity index (χ1) is 14.1. The quantitative estimate of drug-likeness (QED) is 0.581. The number of benzene rings is 1. The van der Waals surface area contributed by atoms with Crippen molar-refractivity contribution in [1.29, 1.82) is 0 Å². The number of carbonyl (C=O) groups excluding carboxylic acids is 2. The van der Waals surface area contributed by atoms with Gasteiger partial charge in [0, 0.05) is 52.1 Å². The van der Waals surface area contributed by atoms with Crippen LogP contribution in [0.25, 0.3) is 0 Å². The molecule has 2 aliphatic heterocycles. The molecule has 1 unspecified atom stereocenters. The van der Waals surface area contributed by atoms with Crippen LogP contribution >= 0.6 is 0 Å². The Balaban J connectivity index is 1.46. The molecule has 3 rings (SSSR count). The average molecular weight is 403 g/mol. The highest BCUT2D eigenvalue weighted by Gasteiger charge is 2.30. The molecule has 2 N–H and O–H groups in total. The monoisotopic (exact) mass is 403 g/mol. The molecule has 0 spiro atoms. The Hall–Kier alpha value is -2.81. The normalized spacial score (nSPS) is 19.8. The Labute approximate surface area is 171 Å². The summed E-state index contributed by atoms with van der Waals surface area (Å²) < 4.78 is 10.1. The molecule has 1 atom stereocenters. The second kappa shape index (κ2) is 10.1. The first-order valence-corrected chi connectivity index (χ1v) is 9.90. The van der Waals surface area contributed by atoms with Crippen LogP contribution in [0.15, 0.2) is 29.3 Å². The summed E-state index contributed by atoms with van der Waals surface area (Å²) in [6.45, 7) is 4.12. The zero-order valence-electron chi connectivity index (χ0n) is 17.0. The number of anilines is 1. The molecule has 158 valence electrons. The largest absolute Gasteiger partial charge is 0.453 e. The van der Waals surface area contributed by atoms with Crippen molar-refractivity contribution in [2.45, 2.75) is 25.5 Å². The van der Waals surface area contributed by atoms with Crippen LogP contribution in [0.5, 0.6) is 0 Å². The molecule has 1 aromatic carbocycles. The van der Waals surface area contributed by atoms with E-state index in [4.69, 9.17) is 4.74 Å². The van der Waals surface area contributed by atoms with Gasteiger partial charge in [-0.3, -0.25) is 15.1 Å². The number of piperazine rings is 1. The zero-order chi connectivity index (χ0) is 20.6. The molecule has 0 radical (unpaired) electrons. The summed E-state index contributed by atoms with van der Waals surface area (Å²) in [4.78, 5) is 32.1. The van der Waals surface area contributed by atoms with Crippen LogP contribution < -0.4 is 10.6 Å². The first-order valence-electron chi connectivity index (χ1n) is 9.90. The van der Waals surface area contributed by atoms with E-state index in [0.29, 0.717) is 31.9 Å². The molecule has 29 heavy (non-hydrogen) atoms. The number of ether oxygens (including phenoxy) is 2. The van der Waals surface area contributed by atoms with Gasteiger partial charge in [-0.2, -0.15) is 0 Å². The third kappa shape index (κ3) is 5.60. The van der Waals surface area contributed by atoms with Crippen LogP contribution in [0.2, 0.25) is 0 Å². The summed E-state index contributed by atoms with van der Waals surface area (Å²) in [7, 11) is 3.09. The molecule has 1 aromatic rings. The minimum atomic E-state index is -0.492. The van der Waals surface area contributed by atoms with Crippen molar-refractivity contribution >= 4 is 23.6 Å². The lowest BCUT2D eigenvalue weighted by Gasteiger charge is -2.37. The minimum absolute atomic E-state index is 0.116. The van der Waals surface area contributed by atoms with Crippen molar-refractivity contribution in [3.8, 4) is 0 Å². The van der Waals surface area contributed by atoms with Gasteiger partial charge in [-0.1, -0.05) is 12.1 Å². The Morgan fingerprint density at radius 1 is 1.17 bits per heavy atom. The number of rotatable bonds is 4. The van der Waals surface area contributed by atoms with Crippen LogP contribution in [0, 0.1) is 0 Å². The molecular formula is C20H29N5O4. The highest BCUT2D eigenvalue weighted by atomic mass is 16.5. The number of nitrogens with zero attached hydrogens (tertiary/aromatic N) is 3. The number of carbonyl (C=O) groups is 2. The molecule has 2 saturated heterocycles. The molecule has 2 fully saturated rings. The van der Waals surface area contributed by atoms with Crippen LogP contribution in [0.4, 0.5) is 10.5 Å². The van der Waals surface area contributed by atoms with Gasteiger partial charge >= 0.3 is 6.09 Å². The molecule has 9 nitrogen and oxygen atoms in total. The van der Waals surface area contributed by atoms with E-state index < -0.39 is 6.09 Å². The van der Waals surface area contributed by atoms with E-state index in [2.05, 4.69) is 25.3 Å². The number of hydrogen-bond acceptors (Lipinski definition) is 5. The van der Waals surface area contributed by atoms with Crippen molar-refractivity contribution in [3.63, 3.8) is 0 Å². The molecule has 0 aliphatic carbocycles. The lowest BCUT2D eigenvalue weighted by Crippen LogP contribution is -2.55. The van der Waals surface area contributed by atoms with Crippen LogP contribution in [-0.4, -0.2) is 80.8 Å². The molecule has 2 aliphatic rings. The second-order valence-corrected chi connectivity index (χ2v) is 7.03. The number of aliphatic imine (C=N–C) groups is 1. The van der Waals surface area contributed by atoms with Crippen LogP contribution in [-0.2, 0) is 20.8 Å². The van der Waals surface area contributed by atoms with E-state index in [1.165, 1.54) is 7.11 Å². The first kappa shape index (κ1) is 20.9. The number of hydrogen-bond donors (Lipinski definition) is 2. The van der Waals surface area contributed by atoms with Crippen molar-refractivity contribution in [2.75, 3.05) is 52.3 Å². The van der Waals surface area contributed by atoms with Crippen LogP contribution in [0.1, 0.15) is 18.4 Å². The molecule has 2 heterocycles. The van der Waals surface area contributed by atoms with Crippen molar-refractivity contribution < 1.29 is 19.1 Å². The lowest BCUT2D eigenvalue weighted by atomic mass is 10.2. The predicted molar refractivity (Wildman–Crippen MR) is 110 cm³/mol. The fourth-order valence-corrected chi connectivity index (χ4v) is 3.50. The van der Waals surface area contributed by atoms with Gasteiger partial charge in [0.15, 0.2) is 5.96 Å². The topological polar surface area (TPSA) is 95.5 Å². The van der Waals surface area contributed by atoms with Gasteiger partial charge in [0.05, 0.1) is 7.11 Å². The molecular weight excluding hydrogens is 374 g/mol. The summed E-state index contributed by atoms with van der Waals surface area (Å²) in [6.07, 6.45) is 1.05. The van der Waals surface area contributed by atoms with E-state index in [1.807, 2.05) is 29.2 Å². The van der Waals surface area contributed by atoms with Crippen molar-refractivity contribution in [2.24, 2.45) is 4.99 Å². The SMILES string of the molecule is CN=C(NCc1ccc(NC(=O)OC)cc1)N1CCN(C(=O)C2CCCO2)CC1. The van der Waals surface area contributed by atoms with E-state index in [0.717, 1.165) is 37.5 Å². The van der Waals surface area contributed by atoms with Gasteiger partial charge in [-0.25, -0.2) is 4.79 Å². The minimum Gasteiger partial charge on any atom is -0.453 e. The smallest absolute Gasteiger partial charge is 0.411 e. The number of nitrogens with one attached hydrogen (secondary N) is 2. The van der Waals surface area contributed by atoms with E-state index in [9.17, 15) is 9.59 Å². The summed E-state index contributed by atoms with van der Waals surface area (Å²) in [5.74, 6) is 0.928. The molecule has 0 saturated carbocycles. The summed E-state index contributed by atoms with van der Waals surface area (Å²) >= 11 is 0. The number of methoxy groups -OCH3 is 1. The Morgan fingerprint density at radius 2 is 1.86 bits per heavy atom. The Bertz CT molecular complexity index is 723. The predicted octanol–water partition coefficient (Wildman–Crippen LogP) is 1.26. The Kier molecular flexibility index (Phi) is 7.29. The highest BCUT2D eigenvalue weighted by molar-refractivity contribution is 5.84. The van der Waals surface area contributed by atoms with Gasteiger partial charge in [0.25, 0.3) is 5.91 Å².